The largest absolute Gasteiger partial charge is 0.495 e. The average molecular weight is 368 g/mol. The molecular formula is C18H19Cl2NO3. The van der Waals surface area contributed by atoms with Gasteiger partial charge in [-0.3, -0.25) is 0 Å². The van der Waals surface area contributed by atoms with E-state index in [4.69, 9.17) is 37.4 Å². The predicted molar refractivity (Wildman–Crippen MR) is 95.4 cm³/mol. The van der Waals surface area contributed by atoms with Crippen LogP contribution in [0.15, 0.2) is 30.3 Å². The van der Waals surface area contributed by atoms with Crippen molar-refractivity contribution in [2.24, 2.45) is 0 Å². The van der Waals surface area contributed by atoms with Crippen LogP contribution < -0.4 is 19.5 Å². The SMILES string of the molecule is COc1c(Cl)cc(Cl)cc1CNC(C)(C)c1ccc2c(c1)OCO2. The molecule has 0 aromatic heterocycles. The maximum absolute atomic E-state index is 6.20. The number of benzene rings is 2. The van der Waals surface area contributed by atoms with Gasteiger partial charge >= 0.3 is 0 Å². The summed E-state index contributed by atoms with van der Waals surface area (Å²) in [5.74, 6) is 2.18. The fourth-order valence-corrected chi connectivity index (χ4v) is 3.29. The van der Waals surface area contributed by atoms with Crippen LogP contribution in [0.2, 0.25) is 10.0 Å². The molecule has 2 aromatic rings. The van der Waals surface area contributed by atoms with Crippen molar-refractivity contribution >= 4 is 23.2 Å². The van der Waals surface area contributed by atoms with Gasteiger partial charge in [-0.1, -0.05) is 29.3 Å². The maximum atomic E-state index is 6.20. The molecule has 4 nitrogen and oxygen atoms in total. The quantitative estimate of drug-likeness (QED) is 0.826. The summed E-state index contributed by atoms with van der Waals surface area (Å²) in [5, 5.41) is 4.60. The summed E-state index contributed by atoms with van der Waals surface area (Å²) < 4.78 is 16.2. The summed E-state index contributed by atoms with van der Waals surface area (Å²) in [7, 11) is 1.60. The van der Waals surface area contributed by atoms with Crippen LogP contribution in [-0.2, 0) is 12.1 Å². The number of halogens is 2. The second kappa shape index (κ2) is 6.71. The molecule has 6 heteroatoms. The van der Waals surface area contributed by atoms with E-state index in [0.717, 1.165) is 22.6 Å². The van der Waals surface area contributed by atoms with Gasteiger partial charge in [-0.25, -0.2) is 0 Å². The minimum Gasteiger partial charge on any atom is -0.495 e. The van der Waals surface area contributed by atoms with Gasteiger partial charge in [-0.15, -0.1) is 0 Å². The standard InChI is InChI=1S/C18H19Cl2NO3/c1-18(2,12-4-5-15-16(7-12)24-10-23-15)21-9-11-6-13(19)8-14(20)17(11)22-3/h4-8,21H,9-10H2,1-3H3. The summed E-state index contributed by atoms with van der Waals surface area (Å²) >= 11 is 12.3. The highest BCUT2D eigenvalue weighted by Gasteiger charge is 2.24. The molecule has 1 heterocycles. The molecule has 0 atom stereocenters. The van der Waals surface area contributed by atoms with E-state index in [1.807, 2.05) is 24.3 Å². The lowest BCUT2D eigenvalue weighted by Crippen LogP contribution is -2.36. The summed E-state index contributed by atoms with van der Waals surface area (Å²) in [5.41, 5.74) is 1.71. The minimum absolute atomic E-state index is 0.269. The normalized spacial score (nSPS) is 13.2. The van der Waals surface area contributed by atoms with Gasteiger partial charge in [0.2, 0.25) is 6.79 Å². The lowest BCUT2D eigenvalue weighted by molar-refractivity contribution is 0.174. The molecule has 0 aliphatic carbocycles. The van der Waals surface area contributed by atoms with E-state index in [-0.39, 0.29) is 12.3 Å². The number of fused-ring (bicyclic) bond motifs is 1. The maximum Gasteiger partial charge on any atom is 0.231 e. The van der Waals surface area contributed by atoms with Crippen LogP contribution in [0.5, 0.6) is 17.2 Å². The Kier molecular flexibility index (Phi) is 4.81. The Balaban J connectivity index is 1.81. The fourth-order valence-electron chi connectivity index (χ4n) is 2.68. The van der Waals surface area contributed by atoms with Gasteiger partial charge < -0.3 is 19.5 Å². The van der Waals surface area contributed by atoms with E-state index < -0.39 is 0 Å². The Morgan fingerprint density at radius 1 is 1.12 bits per heavy atom. The number of nitrogens with one attached hydrogen (secondary N) is 1. The van der Waals surface area contributed by atoms with Crippen molar-refractivity contribution in [2.45, 2.75) is 25.9 Å². The Bertz CT molecular complexity index is 762. The van der Waals surface area contributed by atoms with Gasteiger partial charge in [0.15, 0.2) is 11.5 Å². The van der Waals surface area contributed by atoms with E-state index in [9.17, 15) is 0 Å². The van der Waals surface area contributed by atoms with Crippen molar-refractivity contribution < 1.29 is 14.2 Å². The van der Waals surface area contributed by atoms with Crippen LogP contribution in [0.4, 0.5) is 0 Å². The number of hydrogen-bond donors (Lipinski definition) is 1. The van der Waals surface area contributed by atoms with Crippen LogP contribution in [-0.4, -0.2) is 13.9 Å². The molecule has 0 saturated carbocycles. The van der Waals surface area contributed by atoms with Crippen molar-refractivity contribution in [3.8, 4) is 17.2 Å². The van der Waals surface area contributed by atoms with Crippen molar-refractivity contribution in [1.82, 2.24) is 5.32 Å². The van der Waals surface area contributed by atoms with Crippen molar-refractivity contribution in [1.29, 1.82) is 0 Å². The van der Waals surface area contributed by atoms with Gasteiger partial charge in [-0.2, -0.15) is 0 Å². The van der Waals surface area contributed by atoms with Crippen LogP contribution >= 0.6 is 23.2 Å². The molecule has 0 amide bonds. The molecular weight excluding hydrogens is 349 g/mol. The second-order valence-corrected chi connectivity index (χ2v) is 6.97. The summed E-state index contributed by atoms with van der Waals surface area (Å²) in [4.78, 5) is 0. The van der Waals surface area contributed by atoms with Crippen LogP contribution in [0.25, 0.3) is 0 Å². The van der Waals surface area contributed by atoms with Crippen LogP contribution in [0.3, 0.4) is 0 Å². The van der Waals surface area contributed by atoms with E-state index in [1.54, 1.807) is 13.2 Å². The minimum atomic E-state index is -0.291. The highest BCUT2D eigenvalue weighted by molar-refractivity contribution is 6.35. The van der Waals surface area contributed by atoms with Crippen molar-refractivity contribution in [2.75, 3.05) is 13.9 Å². The molecule has 0 saturated heterocycles. The van der Waals surface area contributed by atoms with Gasteiger partial charge in [0.25, 0.3) is 0 Å². The van der Waals surface area contributed by atoms with Crippen molar-refractivity contribution in [3.63, 3.8) is 0 Å². The third-order valence-corrected chi connectivity index (χ3v) is 4.60. The molecule has 0 fully saturated rings. The zero-order valence-corrected chi connectivity index (χ0v) is 15.3. The Labute approximate surface area is 151 Å². The molecule has 1 aliphatic rings. The molecule has 1 N–H and O–H groups in total. The molecule has 24 heavy (non-hydrogen) atoms. The number of methoxy groups -OCH3 is 1. The Hall–Kier alpha value is -1.62. The van der Waals surface area contributed by atoms with E-state index in [2.05, 4.69) is 19.2 Å². The molecule has 0 spiro atoms. The van der Waals surface area contributed by atoms with Gasteiger partial charge in [0.05, 0.1) is 12.1 Å². The van der Waals surface area contributed by atoms with Gasteiger partial charge in [-0.05, 0) is 43.7 Å². The third-order valence-electron chi connectivity index (χ3n) is 4.10. The van der Waals surface area contributed by atoms with Gasteiger partial charge in [0, 0.05) is 22.7 Å². The number of ether oxygens (including phenoxy) is 3. The molecule has 3 rings (SSSR count). The zero-order chi connectivity index (χ0) is 17.3. The summed E-state index contributed by atoms with van der Waals surface area (Å²) in [6, 6.07) is 9.49. The highest BCUT2D eigenvalue weighted by atomic mass is 35.5. The van der Waals surface area contributed by atoms with Crippen LogP contribution in [0, 0.1) is 0 Å². The van der Waals surface area contributed by atoms with Crippen molar-refractivity contribution in [3.05, 3.63) is 51.5 Å². The molecule has 0 unspecified atom stereocenters. The average Bonchev–Trinajstić information content (AvgIpc) is 3.00. The first-order valence-electron chi connectivity index (χ1n) is 7.58. The topological polar surface area (TPSA) is 39.7 Å². The molecule has 128 valence electrons. The second-order valence-electron chi connectivity index (χ2n) is 6.13. The number of hydrogen-bond acceptors (Lipinski definition) is 4. The molecule has 0 bridgehead atoms. The molecule has 1 aliphatic heterocycles. The molecule has 2 aromatic carbocycles. The van der Waals surface area contributed by atoms with E-state index >= 15 is 0 Å². The monoisotopic (exact) mass is 367 g/mol. The fraction of sp³-hybridized carbons (Fsp3) is 0.333. The lowest BCUT2D eigenvalue weighted by atomic mass is 9.93. The Morgan fingerprint density at radius 3 is 2.62 bits per heavy atom. The van der Waals surface area contributed by atoms with Crippen LogP contribution in [0.1, 0.15) is 25.0 Å². The zero-order valence-electron chi connectivity index (χ0n) is 13.8. The summed E-state index contributed by atoms with van der Waals surface area (Å²) in [6.45, 7) is 5.03. The van der Waals surface area contributed by atoms with E-state index in [0.29, 0.717) is 22.3 Å². The lowest BCUT2D eigenvalue weighted by Gasteiger charge is -2.28. The predicted octanol–water partition coefficient (Wildman–Crippen LogP) is 4.76. The first kappa shape index (κ1) is 17.2. The third kappa shape index (κ3) is 3.41. The summed E-state index contributed by atoms with van der Waals surface area (Å²) in [6.07, 6.45) is 0. The van der Waals surface area contributed by atoms with E-state index in [1.165, 1.54) is 0 Å². The first-order valence-corrected chi connectivity index (χ1v) is 8.33. The highest BCUT2D eigenvalue weighted by Crippen LogP contribution is 2.36. The Morgan fingerprint density at radius 2 is 1.88 bits per heavy atom. The first-order chi connectivity index (χ1) is 11.4. The number of rotatable bonds is 5. The smallest absolute Gasteiger partial charge is 0.231 e. The molecule has 0 radical (unpaired) electrons. The van der Waals surface area contributed by atoms with Gasteiger partial charge in [0.1, 0.15) is 5.75 Å².